The SMILES string of the molecule is C[C@H](c1nc2c(cnn2C2CCCC2)c(=O)[nH]1)N1CC(Oc2ccc(C#N)c(Cl)c2)C1. The zero-order valence-corrected chi connectivity index (χ0v) is 18.0. The average Bonchev–Trinajstić information content (AvgIpc) is 3.39. The van der Waals surface area contributed by atoms with E-state index in [-0.39, 0.29) is 17.7 Å². The molecule has 0 bridgehead atoms. The number of hydrogen-bond donors (Lipinski definition) is 1. The maximum absolute atomic E-state index is 12.6. The van der Waals surface area contributed by atoms with Crippen molar-refractivity contribution in [2.75, 3.05) is 13.1 Å². The number of benzene rings is 1. The molecule has 0 amide bonds. The summed E-state index contributed by atoms with van der Waals surface area (Å²) >= 11 is 6.08. The zero-order chi connectivity index (χ0) is 21.5. The molecule has 9 heteroatoms. The molecule has 2 aromatic heterocycles. The third kappa shape index (κ3) is 3.68. The van der Waals surface area contributed by atoms with Crippen molar-refractivity contribution in [3.63, 3.8) is 0 Å². The molecule has 1 aliphatic heterocycles. The molecule has 5 rings (SSSR count). The van der Waals surface area contributed by atoms with Crippen LogP contribution in [0.3, 0.4) is 0 Å². The normalized spacial score (nSPS) is 18.7. The third-order valence-electron chi connectivity index (χ3n) is 6.34. The number of H-pyrrole nitrogens is 1. The Kier molecular flexibility index (Phi) is 5.16. The summed E-state index contributed by atoms with van der Waals surface area (Å²) in [4.78, 5) is 22.6. The van der Waals surface area contributed by atoms with Crippen molar-refractivity contribution in [3.05, 3.63) is 51.2 Å². The van der Waals surface area contributed by atoms with Crippen molar-refractivity contribution in [2.24, 2.45) is 0 Å². The number of aromatic nitrogens is 4. The molecule has 8 nitrogen and oxygen atoms in total. The molecular formula is C22H23ClN6O2. The van der Waals surface area contributed by atoms with Gasteiger partial charge in [0.25, 0.3) is 5.56 Å². The maximum atomic E-state index is 12.6. The maximum Gasteiger partial charge on any atom is 0.262 e. The molecule has 0 spiro atoms. The minimum absolute atomic E-state index is 0.0194. The lowest BCUT2D eigenvalue weighted by Gasteiger charge is -2.42. The summed E-state index contributed by atoms with van der Waals surface area (Å²) in [5, 5.41) is 14.4. The van der Waals surface area contributed by atoms with E-state index in [4.69, 9.17) is 26.6 Å². The molecule has 1 N–H and O–H groups in total. The standard InChI is InChI=1S/C22H23ClN6O2/c1-13(28-11-17(12-28)31-16-7-6-14(9-24)19(23)8-16)20-26-21-18(22(30)27-20)10-25-29(21)15-4-2-3-5-15/h6-8,10,13,15,17H,2-5,11-12H2,1H3,(H,26,27,30)/t13-/m1/s1. The Balaban J connectivity index is 1.29. The Labute approximate surface area is 184 Å². The molecule has 1 aromatic carbocycles. The van der Waals surface area contributed by atoms with Crippen LogP contribution in [0.5, 0.6) is 5.75 Å². The number of likely N-dealkylation sites (tertiary alicyclic amines) is 1. The fraction of sp³-hybridized carbons (Fsp3) is 0.455. The molecule has 31 heavy (non-hydrogen) atoms. The van der Waals surface area contributed by atoms with Crippen LogP contribution in [0, 0.1) is 11.3 Å². The summed E-state index contributed by atoms with van der Waals surface area (Å²) in [6.07, 6.45) is 6.20. The Morgan fingerprint density at radius 3 is 2.81 bits per heavy atom. The Morgan fingerprint density at radius 2 is 2.10 bits per heavy atom. The summed E-state index contributed by atoms with van der Waals surface area (Å²) in [6.45, 7) is 3.46. The van der Waals surface area contributed by atoms with Crippen LogP contribution < -0.4 is 10.3 Å². The van der Waals surface area contributed by atoms with Crippen molar-refractivity contribution >= 4 is 22.6 Å². The molecule has 1 aliphatic carbocycles. The van der Waals surface area contributed by atoms with Crippen LogP contribution in [0.2, 0.25) is 5.02 Å². The Morgan fingerprint density at radius 1 is 1.32 bits per heavy atom. The highest BCUT2D eigenvalue weighted by Crippen LogP contribution is 2.32. The van der Waals surface area contributed by atoms with E-state index in [1.807, 2.05) is 17.7 Å². The number of nitrogens with one attached hydrogen (secondary N) is 1. The number of halogens is 1. The summed E-state index contributed by atoms with van der Waals surface area (Å²) in [5.74, 6) is 1.30. The largest absolute Gasteiger partial charge is 0.488 e. The van der Waals surface area contributed by atoms with Gasteiger partial charge in [-0.25, -0.2) is 9.67 Å². The first-order valence-electron chi connectivity index (χ1n) is 10.6. The van der Waals surface area contributed by atoms with Crippen LogP contribution in [-0.4, -0.2) is 43.8 Å². The lowest BCUT2D eigenvalue weighted by Crippen LogP contribution is -2.54. The van der Waals surface area contributed by atoms with Crippen molar-refractivity contribution in [2.45, 2.75) is 50.8 Å². The van der Waals surface area contributed by atoms with Gasteiger partial charge in [-0.1, -0.05) is 24.4 Å². The molecule has 3 aromatic rings. The fourth-order valence-corrected chi connectivity index (χ4v) is 4.67. The molecule has 2 fully saturated rings. The predicted molar refractivity (Wildman–Crippen MR) is 116 cm³/mol. The molecule has 1 atom stereocenters. The van der Waals surface area contributed by atoms with E-state index in [1.54, 1.807) is 24.4 Å². The minimum atomic E-state index is -0.142. The van der Waals surface area contributed by atoms with E-state index in [2.05, 4.69) is 15.0 Å². The van der Waals surface area contributed by atoms with Gasteiger partial charge in [0, 0.05) is 19.2 Å². The van der Waals surface area contributed by atoms with Gasteiger partial charge in [0.2, 0.25) is 0 Å². The van der Waals surface area contributed by atoms with E-state index in [0.29, 0.717) is 52.3 Å². The van der Waals surface area contributed by atoms with Crippen molar-refractivity contribution < 1.29 is 4.74 Å². The molecule has 1 saturated heterocycles. The molecule has 0 unspecified atom stereocenters. The van der Waals surface area contributed by atoms with E-state index in [9.17, 15) is 4.79 Å². The monoisotopic (exact) mass is 438 g/mol. The lowest BCUT2D eigenvalue weighted by molar-refractivity contribution is -0.00734. The van der Waals surface area contributed by atoms with E-state index < -0.39 is 0 Å². The van der Waals surface area contributed by atoms with Gasteiger partial charge in [0.05, 0.1) is 28.9 Å². The summed E-state index contributed by atoms with van der Waals surface area (Å²) in [6, 6.07) is 7.41. The van der Waals surface area contributed by atoms with Crippen molar-refractivity contribution in [1.29, 1.82) is 5.26 Å². The van der Waals surface area contributed by atoms with Crippen LogP contribution in [-0.2, 0) is 0 Å². The highest BCUT2D eigenvalue weighted by molar-refractivity contribution is 6.31. The summed E-state index contributed by atoms with van der Waals surface area (Å²) in [7, 11) is 0. The van der Waals surface area contributed by atoms with Crippen LogP contribution in [0.1, 0.15) is 56.1 Å². The smallest absolute Gasteiger partial charge is 0.262 e. The number of nitriles is 1. The van der Waals surface area contributed by atoms with Gasteiger partial charge < -0.3 is 9.72 Å². The molecule has 160 valence electrons. The highest BCUT2D eigenvalue weighted by atomic mass is 35.5. The van der Waals surface area contributed by atoms with Crippen molar-refractivity contribution in [3.8, 4) is 11.8 Å². The van der Waals surface area contributed by atoms with Crippen LogP contribution >= 0.6 is 11.6 Å². The van der Waals surface area contributed by atoms with Gasteiger partial charge in [0.1, 0.15) is 29.1 Å². The van der Waals surface area contributed by atoms with Gasteiger partial charge >= 0.3 is 0 Å². The van der Waals surface area contributed by atoms with Gasteiger partial charge in [0.15, 0.2) is 5.65 Å². The number of aromatic amines is 1. The minimum Gasteiger partial charge on any atom is -0.488 e. The second kappa shape index (κ2) is 7.98. The highest BCUT2D eigenvalue weighted by Gasteiger charge is 2.34. The van der Waals surface area contributed by atoms with Gasteiger partial charge in [-0.2, -0.15) is 10.4 Å². The second-order valence-corrected chi connectivity index (χ2v) is 8.75. The summed E-state index contributed by atoms with van der Waals surface area (Å²) in [5.41, 5.74) is 0.967. The molecule has 3 heterocycles. The van der Waals surface area contributed by atoms with Crippen LogP contribution in [0.4, 0.5) is 0 Å². The van der Waals surface area contributed by atoms with E-state index >= 15 is 0 Å². The predicted octanol–water partition coefficient (Wildman–Crippen LogP) is 3.58. The van der Waals surface area contributed by atoms with Gasteiger partial charge in [-0.15, -0.1) is 0 Å². The molecule has 2 aliphatic rings. The Bertz CT molecular complexity index is 1220. The number of ether oxygens (including phenoxy) is 1. The number of nitrogens with zero attached hydrogens (tertiary/aromatic N) is 5. The zero-order valence-electron chi connectivity index (χ0n) is 17.2. The quantitative estimate of drug-likeness (QED) is 0.653. The van der Waals surface area contributed by atoms with E-state index in [0.717, 1.165) is 12.8 Å². The number of rotatable bonds is 5. The summed E-state index contributed by atoms with van der Waals surface area (Å²) < 4.78 is 7.91. The third-order valence-corrected chi connectivity index (χ3v) is 6.65. The van der Waals surface area contributed by atoms with Crippen LogP contribution in [0.25, 0.3) is 11.0 Å². The van der Waals surface area contributed by atoms with E-state index in [1.165, 1.54) is 12.8 Å². The Hall–Kier alpha value is -2.89. The van der Waals surface area contributed by atoms with Crippen molar-refractivity contribution in [1.82, 2.24) is 24.6 Å². The second-order valence-electron chi connectivity index (χ2n) is 8.34. The molecular weight excluding hydrogens is 416 g/mol. The first kappa shape index (κ1) is 20.0. The fourth-order valence-electron chi connectivity index (χ4n) is 4.45. The first-order valence-corrected chi connectivity index (χ1v) is 11.0. The number of hydrogen-bond acceptors (Lipinski definition) is 6. The van der Waals surface area contributed by atoms with Crippen LogP contribution in [0.15, 0.2) is 29.2 Å². The number of fused-ring (bicyclic) bond motifs is 1. The topological polar surface area (TPSA) is 99.8 Å². The molecule has 0 radical (unpaired) electrons. The lowest BCUT2D eigenvalue weighted by atomic mass is 10.1. The average molecular weight is 439 g/mol. The van der Waals surface area contributed by atoms with Gasteiger partial charge in [-0.3, -0.25) is 9.69 Å². The molecule has 1 saturated carbocycles. The first-order chi connectivity index (χ1) is 15.0. The van der Waals surface area contributed by atoms with Gasteiger partial charge in [-0.05, 0) is 31.9 Å².